The Morgan fingerprint density at radius 1 is 1.23 bits per heavy atom. The van der Waals surface area contributed by atoms with Gasteiger partial charge < -0.3 is 10.1 Å². The van der Waals surface area contributed by atoms with Gasteiger partial charge in [0, 0.05) is 10.7 Å². The summed E-state index contributed by atoms with van der Waals surface area (Å²) in [4.78, 5) is 28.9. The van der Waals surface area contributed by atoms with E-state index in [4.69, 9.17) is 16.3 Å². The van der Waals surface area contributed by atoms with Gasteiger partial charge >= 0.3 is 12.0 Å². The molecule has 26 heavy (non-hydrogen) atoms. The second-order valence-electron chi connectivity index (χ2n) is 7.05. The summed E-state index contributed by atoms with van der Waals surface area (Å²) in [6, 6.07) is 6.26. The molecule has 1 heterocycles. The molecule has 1 aromatic carbocycles. The highest BCUT2D eigenvalue weighted by Gasteiger charge is 2.39. The molecule has 3 rings (SSSR count). The fraction of sp³-hybridized carbons (Fsp3) is 0.550. The van der Waals surface area contributed by atoms with Gasteiger partial charge in [-0.2, -0.15) is 0 Å². The molecule has 2 atom stereocenters. The standard InChI is InChI=1S/C20H25ClN2O3/c1-2-16-17(19(24)26-12-13-6-4-3-5-7-13)18(23-20(25)22-16)14-8-10-15(21)11-9-14/h8-11,13,17-18H,2-7,12H2,1H3,(H,23,25). The van der Waals surface area contributed by atoms with E-state index in [-0.39, 0.29) is 5.97 Å². The lowest BCUT2D eigenvalue weighted by molar-refractivity contribution is -0.148. The number of hydrogen-bond acceptors (Lipinski definition) is 3. The Bertz CT molecular complexity index is 681. The Labute approximate surface area is 159 Å². The van der Waals surface area contributed by atoms with E-state index in [1.54, 1.807) is 12.1 Å². The number of aliphatic imine (C=N–C) groups is 1. The van der Waals surface area contributed by atoms with Crippen LogP contribution in [0.3, 0.4) is 0 Å². The molecule has 2 unspecified atom stereocenters. The van der Waals surface area contributed by atoms with Crippen molar-refractivity contribution in [2.45, 2.75) is 51.5 Å². The highest BCUT2D eigenvalue weighted by molar-refractivity contribution is 6.30. The van der Waals surface area contributed by atoms with E-state index in [0.29, 0.717) is 29.7 Å². The number of rotatable bonds is 5. The number of carbonyl (C=O) groups is 2. The van der Waals surface area contributed by atoms with Crippen LogP contribution < -0.4 is 5.32 Å². The molecule has 0 radical (unpaired) electrons. The Kier molecular flexibility index (Phi) is 6.30. The van der Waals surface area contributed by atoms with Crippen molar-refractivity contribution < 1.29 is 14.3 Å². The van der Waals surface area contributed by atoms with Gasteiger partial charge in [-0.25, -0.2) is 9.79 Å². The number of benzene rings is 1. The number of ether oxygens (including phenoxy) is 1. The maximum Gasteiger partial charge on any atom is 0.341 e. The second-order valence-corrected chi connectivity index (χ2v) is 7.48. The van der Waals surface area contributed by atoms with Gasteiger partial charge in [0.2, 0.25) is 0 Å². The first-order chi connectivity index (χ1) is 12.6. The van der Waals surface area contributed by atoms with Gasteiger partial charge in [0.1, 0.15) is 5.92 Å². The lowest BCUT2D eigenvalue weighted by atomic mass is 9.86. The lowest BCUT2D eigenvalue weighted by Crippen LogP contribution is -2.45. The summed E-state index contributed by atoms with van der Waals surface area (Å²) in [6.07, 6.45) is 6.44. The summed E-state index contributed by atoms with van der Waals surface area (Å²) >= 11 is 5.97. The minimum atomic E-state index is -0.595. The summed E-state index contributed by atoms with van der Waals surface area (Å²) in [5.74, 6) is -0.458. The molecule has 2 amide bonds. The molecule has 1 fully saturated rings. The minimum Gasteiger partial charge on any atom is -0.465 e. The smallest absolute Gasteiger partial charge is 0.341 e. The zero-order chi connectivity index (χ0) is 18.5. The second kappa shape index (κ2) is 8.67. The van der Waals surface area contributed by atoms with E-state index in [9.17, 15) is 9.59 Å². The van der Waals surface area contributed by atoms with Crippen molar-refractivity contribution in [1.82, 2.24) is 5.32 Å². The molecule has 1 N–H and O–H groups in total. The number of amides is 2. The van der Waals surface area contributed by atoms with Crippen LogP contribution in [0.1, 0.15) is 57.1 Å². The first kappa shape index (κ1) is 18.9. The molecule has 0 saturated heterocycles. The number of halogens is 1. The molecule has 0 spiro atoms. The number of urea groups is 1. The van der Waals surface area contributed by atoms with Crippen LogP contribution in [0.25, 0.3) is 0 Å². The summed E-state index contributed by atoms with van der Waals surface area (Å²) in [5.41, 5.74) is 1.39. The van der Waals surface area contributed by atoms with Gasteiger partial charge in [0.05, 0.1) is 12.6 Å². The third-order valence-corrected chi connectivity index (χ3v) is 5.50. The van der Waals surface area contributed by atoms with E-state index in [2.05, 4.69) is 10.3 Å². The SMILES string of the molecule is CCC1=NC(=O)NC(c2ccc(Cl)cc2)C1C(=O)OCC1CCCCC1. The van der Waals surface area contributed by atoms with Crippen molar-refractivity contribution in [2.75, 3.05) is 6.61 Å². The van der Waals surface area contributed by atoms with Crippen LogP contribution in [0.5, 0.6) is 0 Å². The molecule has 0 bridgehead atoms. The average Bonchev–Trinajstić information content (AvgIpc) is 2.66. The van der Waals surface area contributed by atoms with Gasteiger partial charge in [-0.05, 0) is 42.9 Å². The van der Waals surface area contributed by atoms with Crippen molar-refractivity contribution >= 4 is 29.3 Å². The Morgan fingerprint density at radius 2 is 1.92 bits per heavy atom. The number of hydrogen-bond donors (Lipinski definition) is 1. The van der Waals surface area contributed by atoms with Crippen LogP contribution in [-0.2, 0) is 9.53 Å². The average molecular weight is 377 g/mol. The van der Waals surface area contributed by atoms with E-state index < -0.39 is 18.0 Å². The monoisotopic (exact) mass is 376 g/mol. The molecule has 5 nitrogen and oxygen atoms in total. The number of carbonyl (C=O) groups excluding carboxylic acids is 2. The van der Waals surface area contributed by atoms with Gasteiger partial charge in [-0.3, -0.25) is 4.79 Å². The molecule has 1 aliphatic carbocycles. The normalized spacial score (nSPS) is 23.9. The van der Waals surface area contributed by atoms with E-state index in [1.807, 2.05) is 19.1 Å². The Balaban J connectivity index is 1.78. The number of nitrogens with zero attached hydrogens (tertiary/aromatic N) is 1. The molecule has 6 heteroatoms. The van der Waals surface area contributed by atoms with Crippen LogP contribution >= 0.6 is 11.6 Å². The zero-order valence-corrected chi connectivity index (χ0v) is 15.8. The molecule has 1 aliphatic heterocycles. The molecule has 0 aromatic heterocycles. The first-order valence-electron chi connectivity index (χ1n) is 9.38. The van der Waals surface area contributed by atoms with Gasteiger partial charge in [0.15, 0.2) is 0 Å². The van der Waals surface area contributed by atoms with Crippen molar-refractivity contribution in [2.24, 2.45) is 16.8 Å². The van der Waals surface area contributed by atoms with Crippen LogP contribution in [0, 0.1) is 11.8 Å². The van der Waals surface area contributed by atoms with Crippen molar-refractivity contribution in [3.63, 3.8) is 0 Å². The van der Waals surface area contributed by atoms with Crippen molar-refractivity contribution in [3.05, 3.63) is 34.9 Å². The highest BCUT2D eigenvalue weighted by atomic mass is 35.5. The Morgan fingerprint density at radius 3 is 2.58 bits per heavy atom. The summed E-state index contributed by atoms with van der Waals surface area (Å²) in [5, 5.41) is 3.42. The number of nitrogens with one attached hydrogen (secondary N) is 1. The van der Waals surface area contributed by atoms with Gasteiger partial charge in [-0.15, -0.1) is 0 Å². The fourth-order valence-electron chi connectivity index (χ4n) is 3.80. The van der Waals surface area contributed by atoms with E-state index >= 15 is 0 Å². The topological polar surface area (TPSA) is 67.8 Å². The zero-order valence-electron chi connectivity index (χ0n) is 15.0. The maximum atomic E-state index is 12.9. The molecule has 140 valence electrons. The summed E-state index contributed by atoms with van der Waals surface area (Å²) in [7, 11) is 0. The maximum absolute atomic E-state index is 12.9. The van der Waals surface area contributed by atoms with Crippen LogP contribution in [0.4, 0.5) is 4.79 Å². The molecular formula is C20H25ClN2O3. The van der Waals surface area contributed by atoms with Gasteiger partial charge in [0.25, 0.3) is 0 Å². The van der Waals surface area contributed by atoms with Crippen LogP contribution in [0.2, 0.25) is 5.02 Å². The molecule has 2 aliphatic rings. The molecule has 1 aromatic rings. The first-order valence-corrected chi connectivity index (χ1v) is 9.76. The van der Waals surface area contributed by atoms with Gasteiger partial charge in [-0.1, -0.05) is 49.9 Å². The summed E-state index contributed by atoms with van der Waals surface area (Å²) in [6.45, 7) is 2.35. The third kappa shape index (κ3) is 4.44. The fourth-order valence-corrected chi connectivity index (χ4v) is 3.93. The Hall–Kier alpha value is -1.88. The minimum absolute atomic E-state index is 0.309. The summed E-state index contributed by atoms with van der Waals surface area (Å²) < 4.78 is 5.67. The molecular weight excluding hydrogens is 352 g/mol. The lowest BCUT2D eigenvalue weighted by Gasteiger charge is -2.31. The van der Waals surface area contributed by atoms with E-state index in [0.717, 1.165) is 18.4 Å². The predicted octanol–water partition coefficient (Wildman–Crippen LogP) is 4.70. The quantitative estimate of drug-likeness (QED) is 0.757. The van der Waals surface area contributed by atoms with Crippen molar-refractivity contribution in [3.8, 4) is 0 Å². The number of esters is 1. The van der Waals surface area contributed by atoms with Crippen molar-refractivity contribution in [1.29, 1.82) is 0 Å². The van der Waals surface area contributed by atoms with Crippen LogP contribution in [-0.4, -0.2) is 24.3 Å². The van der Waals surface area contributed by atoms with Crippen LogP contribution in [0.15, 0.2) is 29.3 Å². The van der Waals surface area contributed by atoms with E-state index in [1.165, 1.54) is 19.3 Å². The molecule has 1 saturated carbocycles. The highest BCUT2D eigenvalue weighted by Crippen LogP contribution is 2.31. The third-order valence-electron chi connectivity index (χ3n) is 5.25. The largest absolute Gasteiger partial charge is 0.465 e. The predicted molar refractivity (Wildman–Crippen MR) is 101 cm³/mol.